The second-order valence-corrected chi connectivity index (χ2v) is 7.90. The zero-order valence-electron chi connectivity index (χ0n) is 13.8. The Labute approximate surface area is 141 Å². The van der Waals surface area contributed by atoms with Crippen LogP contribution in [0.25, 0.3) is 10.9 Å². The van der Waals surface area contributed by atoms with Crippen molar-refractivity contribution in [2.75, 3.05) is 0 Å². The number of aromatic nitrogens is 1. The first kappa shape index (κ1) is 14.5. The average molecular weight is 325 g/mol. The van der Waals surface area contributed by atoms with Gasteiger partial charge in [-0.05, 0) is 62.0 Å². The highest BCUT2D eigenvalue weighted by Gasteiger charge is 2.40. The summed E-state index contributed by atoms with van der Waals surface area (Å²) in [6, 6.07) is 6.25. The number of hydrogen-bond donors (Lipinski definition) is 2. The minimum Gasteiger partial charge on any atom is -0.357 e. The van der Waals surface area contributed by atoms with Gasteiger partial charge in [-0.1, -0.05) is 6.42 Å². The van der Waals surface area contributed by atoms with Crippen molar-refractivity contribution in [1.29, 1.82) is 0 Å². The van der Waals surface area contributed by atoms with Crippen molar-refractivity contribution in [3.63, 3.8) is 0 Å². The number of fused-ring (bicyclic) bond motifs is 5. The molecule has 3 aliphatic carbocycles. The predicted molar refractivity (Wildman–Crippen MR) is 93.0 cm³/mol. The Balaban J connectivity index is 1.48. The second kappa shape index (κ2) is 5.31. The van der Waals surface area contributed by atoms with Crippen LogP contribution in [-0.2, 0) is 6.42 Å². The van der Waals surface area contributed by atoms with Gasteiger partial charge in [0.05, 0.1) is 4.92 Å². The van der Waals surface area contributed by atoms with Gasteiger partial charge in [-0.25, -0.2) is 0 Å². The standard InChI is InChI=1S/C19H23N3O2/c23-22(24)13-6-7-16-15(10-13)14-2-1-3-17(19(14)21-16)20-18-9-11-4-5-12(18)8-11/h6-7,10-12,17-18,20-21H,1-5,8-9H2/t11-,12-,17+,18+/m0/s1. The van der Waals surface area contributed by atoms with Crippen LogP contribution < -0.4 is 5.32 Å². The van der Waals surface area contributed by atoms with Crippen LogP contribution in [-0.4, -0.2) is 15.9 Å². The van der Waals surface area contributed by atoms with Gasteiger partial charge in [0.25, 0.3) is 5.69 Å². The lowest BCUT2D eigenvalue weighted by atomic mass is 9.89. The summed E-state index contributed by atoms with van der Waals surface area (Å²) in [4.78, 5) is 14.4. The number of nitro groups is 1. The maximum Gasteiger partial charge on any atom is 0.270 e. The number of aryl methyl sites for hydroxylation is 1. The van der Waals surface area contributed by atoms with Crippen LogP contribution in [0.1, 0.15) is 55.8 Å². The van der Waals surface area contributed by atoms with Gasteiger partial charge in [0.1, 0.15) is 0 Å². The van der Waals surface area contributed by atoms with E-state index in [0.717, 1.165) is 42.0 Å². The van der Waals surface area contributed by atoms with Crippen LogP contribution in [0.3, 0.4) is 0 Å². The van der Waals surface area contributed by atoms with E-state index in [-0.39, 0.29) is 10.6 Å². The molecule has 4 atom stereocenters. The first-order chi connectivity index (χ1) is 11.7. The van der Waals surface area contributed by atoms with Crippen LogP contribution >= 0.6 is 0 Å². The van der Waals surface area contributed by atoms with Crippen molar-refractivity contribution in [3.05, 3.63) is 39.6 Å². The van der Waals surface area contributed by atoms with Gasteiger partial charge < -0.3 is 10.3 Å². The summed E-state index contributed by atoms with van der Waals surface area (Å²) in [7, 11) is 0. The van der Waals surface area contributed by atoms with Gasteiger partial charge in [0, 0.05) is 40.8 Å². The summed E-state index contributed by atoms with van der Waals surface area (Å²) in [5.74, 6) is 1.81. The summed E-state index contributed by atoms with van der Waals surface area (Å²) in [6.45, 7) is 0. The van der Waals surface area contributed by atoms with Crippen LogP contribution in [0.2, 0.25) is 0 Å². The minimum atomic E-state index is -0.299. The molecule has 0 unspecified atom stereocenters. The number of non-ortho nitro benzene ring substituents is 1. The lowest BCUT2D eigenvalue weighted by Gasteiger charge is -2.31. The highest BCUT2D eigenvalue weighted by atomic mass is 16.6. The third-order valence-corrected chi connectivity index (χ3v) is 6.55. The monoisotopic (exact) mass is 325 g/mol. The summed E-state index contributed by atoms with van der Waals surface area (Å²) < 4.78 is 0. The SMILES string of the molecule is O=[N+]([O-])c1ccc2[nH]c3c(c2c1)CCC[C@H]3N[C@@H]1C[C@H]2CC[C@H]1C2. The van der Waals surface area contributed by atoms with Crippen molar-refractivity contribution in [3.8, 4) is 0 Å². The summed E-state index contributed by atoms with van der Waals surface area (Å²) in [5, 5.41) is 16.1. The minimum absolute atomic E-state index is 0.187. The maximum atomic E-state index is 11.1. The van der Waals surface area contributed by atoms with Gasteiger partial charge in [-0.3, -0.25) is 10.1 Å². The largest absolute Gasteiger partial charge is 0.357 e. The Morgan fingerprint density at radius 2 is 2.12 bits per heavy atom. The Hall–Kier alpha value is -1.88. The topological polar surface area (TPSA) is 71.0 Å². The molecular formula is C19H23N3O2. The third-order valence-electron chi connectivity index (χ3n) is 6.55. The zero-order valence-corrected chi connectivity index (χ0v) is 13.8. The molecule has 126 valence electrons. The summed E-state index contributed by atoms with van der Waals surface area (Å²) >= 11 is 0. The molecule has 2 bridgehead atoms. The molecule has 2 fully saturated rings. The van der Waals surface area contributed by atoms with E-state index >= 15 is 0 Å². The molecule has 0 spiro atoms. The second-order valence-electron chi connectivity index (χ2n) is 7.90. The molecule has 0 radical (unpaired) electrons. The molecule has 5 heteroatoms. The van der Waals surface area contributed by atoms with Crippen LogP contribution in [0.5, 0.6) is 0 Å². The molecule has 2 saturated carbocycles. The number of hydrogen-bond acceptors (Lipinski definition) is 3. The molecule has 5 nitrogen and oxygen atoms in total. The molecule has 24 heavy (non-hydrogen) atoms. The molecule has 1 heterocycles. The summed E-state index contributed by atoms with van der Waals surface area (Å²) in [6.07, 6.45) is 8.90. The third kappa shape index (κ3) is 2.18. The number of nitrogens with one attached hydrogen (secondary N) is 2. The molecule has 0 amide bonds. The van der Waals surface area contributed by atoms with Gasteiger partial charge in [-0.2, -0.15) is 0 Å². The quantitative estimate of drug-likeness (QED) is 0.655. The number of aromatic amines is 1. The Bertz CT molecular complexity index is 812. The van der Waals surface area contributed by atoms with Crippen molar-refractivity contribution < 1.29 is 4.92 Å². The number of rotatable bonds is 3. The van der Waals surface area contributed by atoms with Gasteiger partial charge in [0.2, 0.25) is 0 Å². The molecule has 0 aliphatic heterocycles. The van der Waals surface area contributed by atoms with Gasteiger partial charge in [-0.15, -0.1) is 0 Å². The Kier molecular flexibility index (Phi) is 3.20. The molecule has 3 aliphatic rings. The first-order valence-corrected chi connectivity index (χ1v) is 9.24. The van der Waals surface area contributed by atoms with Gasteiger partial charge >= 0.3 is 0 Å². The van der Waals surface area contributed by atoms with E-state index in [4.69, 9.17) is 0 Å². The van der Waals surface area contributed by atoms with Crippen molar-refractivity contribution in [1.82, 2.24) is 10.3 Å². The predicted octanol–water partition coefficient (Wildman–Crippen LogP) is 4.23. The van der Waals surface area contributed by atoms with Crippen LogP contribution in [0, 0.1) is 22.0 Å². The molecule has 2 N–H and O–H groups in total. The Morgan fingerprint density at radius 1 is 1.21 bits per heavy atom. The smallest absolute Gasteiger partial charge is 0.270 e. The fourth-order valence-electron chi connectivity index (χ4n) is 5.44. The maximum absolute atomic E-state index is 11.1. The molecule has 2 aromatic rings. The normalized spacial score (nSPS) is 31.5. The van der Waals surface area contributed by atoms with Crippen LogP contribution in [0.15, 0.2) is 18.2 Å². The molecule has 5 rings (SSSR count). The van der Waals surface area contributed by atoms with E-state index in [1.165, 1.54) is 36.9 Å². The van der Waals surface area contributed by atoms with Crippen molar-refractivity contribution in [2.45, 2.75) is 57.0 Å². The molecule has 1 aromatic carbocycles. The zero-order chi connectivity index (χ0) is 16.3. The molecular weight excluding hydrogens is 302 g/mol. The first-order valence-electron chi connectivity index (χ1n) is 9.24. The average Bonchev–Trinajstić information content (AvgIpc) is 3.28. The van der Waals surface area contributed by atoms with E-state index in [2.05, 4.69) is 10.3 Å². The van der Waals surface area contributed by atoms with E-state index in [9.17, 15) is 10.1 Å². The van der Waals surface area contributed by atoms with Crippen LogP contribution in [0.4, 0.5) is 5.69 Å². The van der Waals surface area contributed by atoms with Crippen molar-refractivity contribution >= 4 is 16.6 Å². The van der Waals surface area contributed by atoms with E-state index in [1.807, 2.05) is 6.07 Å². The number of nitrogens with zero attached hydrogens (tertiary/aromatic N) is 1. The lowest BCUT2D eigenvalue weighted by molar-refractivity contribution is -0.384. The molecule has 1 aromatic heterocycles. The number of benzene rings is 1. The molecule has 0 saturated heterocycles. The highest BCUT2D eigenvalue weighted by molar-refractivity contribution is 5.87. The highest BCUT2D eigenvalue weighted by Crippen LogP contribution is 2.46. The van der Waals surface area contributed by atoms with E-state index in [1.54, 1.807) is 12.1 Å². The fourth-order valence-corrected chi connectivity index (χ4v) is 5.44. The van der Waals surface area contributed by atoms with Crippen molar-refractivity contribution in [2.24, 2.45) is 11.8 Å². The fraction of sp³-hybridized carbons (Fsp3) is 0.579. The van der Waals surface area contributed by atoms with E-state index in [0.29, 0.717) is 12.1 Å². The Morgan fingerprint density at radius 3 is 2.88 bits per heavy atom. The van der Waals surface area contributed by atoms with Gasteiger partial charge in [0.15, 0.2) is 0 Å². The summed E-state index contributed by atoms with van der Waals surface area (Å²) in [5.41, 5.74) is 3.79. The number of nitro benzene ring substituents is 1. The lowest BCUT2D eigenvalue weighted by Crippen LogP contribution is -2.38. The number of H-pyrrole nitrogens is 1. The van der Waals surface area contributed by atoms with E-state index < -0.39 is 0 Å².